The molecule has 2 aromatic carbocycles. The van der Waals surface area contributed by atoms with E-state index in [4.69, 9.17) is 0 Å². The van der Waals surface area contributed by atoms with Crippen molar-refractivity contribution in [1.82, 2.24) is 4.98 Å². The van der Waals surface area contributed by atoms with Crippen LogP contribution < -0.4 is 0 Å². The Morgan fingerprint density at radius 2 is 1.48 bits per heavy atom. The first-order valence-corrected chi connectivity index (χ1v) is 7.62. The first kappa shape index (κ1) is 15.1. The van der Waals surface area contributed by atoms with Crippen molar-refractivity contribution in [3.05, 3.63) is 95.4 Å². The van der Waals surface area contributed by atoms with E-state index < -0.39 is 0 Å². The Hall–Kier alpha value is -2.81. The smallest absolute Gasteiger partial charge is 0.189 e. The highest BCUT2D eigenvalue weighted by molar-refractivity contribution is 6.13. The van der Waals surface area contributed by atoms with E-state index in [1.807, 2.05) is 67.6 Å². The zero-order valence-electron chi connectivity index (χ0n) is 12.9. The van der Waals surface area contributed by atoms with Crippen molar-refractivity contribution in [3.63, 3.8) is 0 Å². The molecule has 0 N–H and O–H groups in total. The van der Waals surface area contributed by atoms with Gasteiger partial charge in [-0.3, -0.25) is 0 Å². The Kier molecular flexibility index (Phi) is 4.57. The molecule has 114 valence electrons. The van der Waals surface area contributed by atoms with Gasteiger partial charge < -0.3 is 0 Å². The minimum Gasteiger partial charge on any atom is -0.235 e. The molecule has 0 fully saturated rings. The van der Waals surface area contributed by atoms with Gasteiger partial charge in [-0.05, 0) is 18.1 Å². The highest BCUT2D eigenvalue weighted by Crippen LogP contribution is 2.21. The second-order valence-electron chi connectivity index (χ2n) is 5.15. The Labute approximate surface area is 135 Å². The Morgan fingerprint density at radius 3 is 2.00 bits per heavy atom. The van der Waals surface area contributed by atoms with Crippen LogP contribution in [0.4, 0.5) is 10.2 Å². The SMILES string of the molecule is CCc1ccnc(N=C(c2ccccc2)c2ccccc2)c1F. The van der Waals surface area contributed by atoms with Crippen LogP contribution in [-0.2, 0) is 6.42 Å². The monoisotopic (exact) mass is 304 g/mol. The summed E-state index contributed by atoms with van der Waals surface area (Å²) in [4.78, 5) is 8.65. The third-order valence-corrected chi connectivity index (χ3v) is 3.64. The van der Waals surface area contributed by atoms with E-state index in [2.05, 4.69) is 9.98 Å². The van der Waals surface area contributed by atoms with Gasteiger partial charge in [0.15, 0.2) is 11.6 Å². The second-order valence-corrected chi connectivity index (χ2v) is 5.15. The van der Waals surface area contributed by atoms with Crippen LogP contribution in [0, 0.1) is 5.82 Å². The summed E-state index contributed by atoms with van der Waals surface area (Å²) >= 11 is 0. The lowest BCUT2D eigenvalue weighted by Crippen LogP contribution is -2.03. The number of nitrogens with zero attached hydrogens (tertiary/aromatic N) is 2. The van der Waals surface area contributed by atoms with Crippen LogP contribution in [0.2, 0.25) is 0 Å². The molecule has 0 atom stereocenters. The zero-order chi connectivity index (χ0) is 16.1. The van der Waals surface area contributed by atoms with Gasteiger partial charge in [0.2, 0.25) is 0 Å². The van der Waals surface area contributed by atoms with Gasteiger partial charge in [0.05, 0.1) is 5.71 Å². The van der Waals surface area contributed by atoms with E-state index in [0.29, 0.717) is 17.7 Å². The fraction of sp³-hybridized carbons (Fsp3) is 0.100. The maximum Gasteiger partial charge on any atom is 0.189 e. The Balaban J connectivity index is 2.17. The second kappa shape index (κ2) is 6.97. The van der Waals surface area contributed by atoms with E-state index in [1.54, 1.807) is 12.3 Å². The molecular weight excluding hydrogens is 287 g/mol. The van der Waals surface area contributed by atoms with Crippen LogP contribution in [0.25, 0.3) is 0 Å². The quantitative estimate of drug-likeness (QED) is 0.626. The summed E-state index contributed by atoms with van der Waals surface area (Å²) in [6.07, 6.45) is 2.22. The average molecular weight is 304 g/mol. The third kappa shape index (κ3) is 3.34. The molecular formula is C20H17FN2. The Morgan fingerprint density at radius 1 is 0.913 bits per heavy atom. The summed E-state index contributed by atoms with van der Waals surface area (Å²) < 4.78 is 14.5. The number of halogens is 1. The lowest BCUT2D eigenvalue weighted by Gasteiger charge is -2.08. The van der Waals surface area contributed by atoms with Crippen LogP contribution in [-0.4, -0.2) is 10.7 Å². The van der Waals surface area contributed by atoms with Crippen molar-refractivity contribution in [2.45, 2.75) is 13.3 Å². The zero-order valence-corrected chi connectivity index (χ0v) is 12.9. The van der Waals surface area contributed by atoms with Crippen molar-refractivity contribution in [2.75, 3.05) is 0 Å². The average Bonchev–Trinajstić information content (AvgIpc) is 2.62. The summed E-state index contributed by atoms with van der Waals surface area (Å²) in [5.41, 5.74) is 3.20. The van der Waals surface area contributed by atoms with Gasteiger partial charge in [-0.2, -0.15) is 0 Å². The molecule has 0 saturated carbocycles. The summed E-state index contributed by atoms with van der Waals surface area (Å²) in [6.45, 7) is 1.92. The molecule has 0 unspecified atom stereocenters. The van der Waals surface area contributed by atoms with E-state index in [-0.39, 0.29) is 11.6 Å². The molecule has 3 heteroatoms. The highest BCUT2D eigenvalue weighted by atomic mass is 19.1. The molecule has 0 aliphatic rings. The summed E-state index contributed by atoms with van der Waals surface area (Å²) in [7, 11) is 0. The lowest BCUT2D eigenvalue weighted by molar-refractivity contribution is 0.608. The normalized spacial score (nSPS) is 10.3. The van der Waals surface area contributed by atoms with Gasteiger partial charge >= 0.3 is 0 Å². The number of rotatable bonds is 4. The molecule has 0 bridgehead atoms. The van der Waals surface area contributed by atoms with Crippen LogP contribution in [0.3, 0.4) is 0 Å². The van der Waals surface area contributed by atoms with E-state index >= 15 is 0 Å². The van der Waals surface area contributed by atoms with Gasteiger partial charge in [-0.1, -0.05) is 67.6 Å². The minimum absolute atomic E-state index is 0.132. The maximum absolute atomic E-state index is 14.5. The number of hydrogen-bond acceptors (Lipinski definition) is 2. The molecule has 3 rings (SSSR count). The topological polar surface area (TPSA) is 25.2 Å². The van der Waals surface area contributed by atoms with Gasteiger partial charge in [-0.15, -0.1) is 0 Å². The van der Waals surface area contributed by atoms with Crippen molar-refractivity contribution in [1.29, 1.82) is 0 Å². The predicted molar refractivity (Wildman–Crippen MR) is 91.8 cm³/mol. The first-order chi connectivity index (χ1) is 11.3. The number of benzene rings is 2. The molecule has 0 radical (unpaired) electrons. The lowest BCUT2D eigenvalue weighted by atomic mass is 10.0. The predicted octanol–water partition coefficient (Wildman–Crippen LogP) is 4.95. The Bertz CT molecular complexity index is 770. The fourth-order valence-electron chi connectivity index (χ4n) is 2.42. The molecule has 1 aromatic heterocycles. The van der Waals surface area contributed by atoms with Crippen molar-refractivity contribution >= 4 is 11.5 Å². The minimum atomic E-state index is -0.348. The highest BCUT2D eigenvalue weighted by Gasteiger charge is 2.11. The van der Waals surface area contributed by atoms with Gasteiger partial charge in [0.1, 0.15) is 0 Å². The summed E-state index contributed by atoms with van der Waals surface area (Å²) in [6, 6.07) is 21.2. The van der Waals surface area contributed by atoms with Crippen LogP contribution in [0.5, 0.6) is 0 Å². The number of pyridine rings is 1. The van der Waals surface area contributed by atoms with Gasteiger partial charge in [0, 0.05) is 17.3 Å². The van der Waals surface area contributed by atoms with E-state index in [0.717, 1.165) is 11.1 Å². The van der Waals surface area contributed by atoms with E-state index in [9.17, 15) is 4.39 Å². The van der Waals surface area contributed by atoms with Crippen LogP contribution in [0.15, 0.2) is 77.9 Å². The molecule has 0 aliphatic heterocycles. The number of hydrogen-bond donors (Lipinski definition) is 0. The maximum atomic E-state index is 14.5. The van der Waals surface area contributed by atoms with E-state index in [1.165, 1.54) is 0 Å². The fourth-order valence-corrected chi connectivity index (χ4v) is 2.42. The largest absolute Gasteiger partial charge is 0.235 e. The number of aryl methyl sites for hydroxylation is 1. The number of aliphatic imine (C=N–C) groups is 1. The third-order valence-electron chi connectivity index (χ3n) is 3.64. The molecule has 2 nitrogen and oxygen atoms in total. The molecule has 0 spiro atoms. The molecule has 0 aliphatic carbocycles. The molecule has 3 aromatic rings. The molecule has 0 amide bonds. The van der Waals surface area contributed by atoms with Crippen molar-refractivity contribution in [2.24, 2.45) is 4.99 Å². The van der Waals surface area contributed by atoms with Crippen molar-refractivity contribution < 1.29 is 4.39 Å². The van der Waals surface area contributed by atoms with Crippen LogP contribution in [0.1, 0.15) is 23.6 Å². The first-order valence-electron chi connectivity index (χ1n) is 7.62. The van der Waals surface area contributed by atoms with Crippen molar-refractivity contribution in [3.8, 4) is 0 Å². The van der Waals surface area contributed by atoms with Gasteiger partial charge in [-0.25, -0.2) is 14.4 Å². The molecule has 1 heterocycles. The summed E-state index contributed by atoms with van der Waals surface area (Å²) in [5.74, 6) is -0.216. The van der Waals surface area contributed by atoms with Crippen LogP contribution >= 0.6 is 0 Å². The van der Waals surface area contributed by atoms with Gasteiger partial charge in [0.25, 0.3) is 0 Å². The summed E-state index contributed by atoms with van der Waals surface area (Å²) in [5, 5.41) is 0. The standard InChI is InChI=1S/C20H17FN2/c1-2-15-13-14-22-20(18(15)21)23-19(16-9-5-3-6-10-16)17-11-7-4-8-12-17/h3-14H,2H2,1H3. The molecule has 23 heavy (non-hydrogen) atoms. The molecule has 0 saturated heterocycles. The number of aromatic nitrogens is 1.